The molecule has 0 aromatic carbocycles. The van der Waals surface area contributed by atoms with E-state index in [1.54, 1.807) is 0 Å². The third-order valence-corrected chi connectivity index (χ3v) is 0.447. The number of nitrogens with two attached hydrogens (primary N) is 3. The van der Waals surface area contributed by atoms with Gasteiger partial charge in [-0.15, -0.1) is 0 Å². The lowest BCUT2D eigenvalue weighted by Gasteiger charge is -2.19. The largest absolute Gasteiger partial charge is 0.364 e. The Kier molecular flexibility index (Phi) is 1.68. The van der Waals surface area contributed by atoms with Gasteiger partial charge in [0.1, 0.15) is 0 Å². The van der Waals surface area contributed by atoms with Gasteiger partial charge in [-0.25, -0.2) is 0 Å². The second kappa shape index (κ2) is 1.73. The number of hydrogen-bond acceptors (Lipinski definition) is 5. The van der Waals surface area contributed by atoms with Crippen LogP contribution in [0.5, 0.6) is 0 Å². The summed E-state index contributed by atoms with van der Waals surface area (Å²) in [7, 11) is 0. The number of aliphatic hydroxyl groups excluding tert-OH is 1. The van der Waals surface area contributed by atoms with Gasteiger partial charge in [-0.05, 0) is 0 Å². The van der Waals surface area contributed by atoms with Gasteiger partial charge in [0, 0.05) is 0 Å². The van der Waals surface area contributed by atoms with Gasteiger partial charge in [0.05, 0.1) is 0 Å². The molecule has 5 heteroatoms. The van der Waals surface area contributed by atoms with Gasteiger partial charge in [-0.2, -0.15) is 0 Å². The van der Waals surface area contributed by atoms with E-state index in [4.69, 9.17) is 27.4 Å². The number of hydrogen-bond donors (Lipinski definition) is 5. The molecule has 0 fully saturated rings. The van der Waals surface area contributed by atoms with Gasteiger partial charge in [-0.3, -0.25) is 17.2 Å². The van der Waals surface area contributed by atoms with Crippen LogP contribution in [0.25, 0.3) is 0 Å². The zero-order valence-corrected chi connectivity index (χ0v) is 3.70. The van der Waals surface area contributed by atoms with E-state index in [1.165, 1.54) is 0 Å². The Bertz CT molecular complexity index is 56.4. The summed E-state index contributed by atoms with van der Waals surface area (Å²) in [5.74, 6) is -1.89. The zero-order valence-electron chi connectivity index (χ0n) is 3.70. The van der Waals surface area contributed by atoms with Crippen molar-refractivity contribution in [1.82, 2.24) is 0 Å². The highest BCUT2D eigenvalue weighted by Gasteiger charge is 2.20. The van der Waals surface area contributed by atoms with E-state index in [-0.39, 0.29) is 0 Å². The maximum absolute atomic E-state index is 8.07. The first-order chi connectivity index (χ1) is 2.94. The molecule has 0 rings (SSSR count). The summed E-state index contributed by atoms with van der Waals surface area (Å²) >= 11 is 0. The summed E-state index contributed by atoms with van der Waals surface area (Å²) in [6, 6.07) is 0. The second-order valence-corrected chi connectivity index (χ2v) is 1.37. The van der Waals surface area contributed by atoms with Crippen molar-refractivity contribution in [2.75, 3.05) is 0 Å². The molecule has 0 amide bonds. The minimum absolute atomic E-state index is 1.87. The smallest absolute Gasteiger partial charge is 0.197 e. The monoisotopic (exact) mass is 107 g/mol. The zero-order chi connectivity index (χ0) is 6.08. The first-order valence-electron chi connectivity index (χ1n) is 1.67. The van der Waals surface area contributed by atoms with Crippen LogP contribution < -0.4 is 17.2 Å². The Hall–Kier alpha value is -0.200. The molecular weight excluding hydrogens is 98.0 g/mol. The lowest BCUT2D eigenvalue weighted by Crippen LogP contribution is -2.66. The molecule has 0 bridgehead atoms. The van der Waals surface area contributed by atoms with Crippen molar-refractivity contribution in [1.29, 1.82) is 0 Å². The van der Waals surface area contributed by atoms with E-state index < -0.39 is 12.1 Å². The molecule has 0 heterocycles. The predicted octanol–water partition coefficient (Wildman–Crippen LogP) is -3.17. The molecule has 0 aromatic heterocycles. The van der Waals surface area contributed by atoms with Crippen LogP contribution in [0.2, 0.25) is 0 Å². The third kappa shape index (κ3) is 2.49. The van der Waals surface area contributed by atoms with Crippen molar-refractivity contribution < 1.29 is 10.2 Å². The standard InChI is InChI=1S/C2H9N3O2/c3-2(4,5)1(6)7/h1,6-7H,3-5H2. The summed E-state index contributed by atoms with van der Waals surface area (Å²) < 4.78 is 0. The van der Waals surface area contributed by atoms with Crippen LogP contribution in [0.4, 0.5) is 0 Å². The lowest BCUT2D eigenvalue weighted by molar-refractivity contribution is -0.0927. The Balaban J connectivity index is 3.54. The van der Waals surface area contributed by atoms with Crippen molar-refractivity contribution in [3.8, 4) is 0 Å². The molecule has 0 aliphatic carbocycles. The molecule has 7 heavy (non-hydrogen) atoms. The average molecular weight is 107 g/mol. The van der Waals surface area contributed by atoms with Gasteiger partial charge >= 0.3 is 0 Å². The van der Waals surface area contributed by atoms with Gasteiger partial charge < -0.3 is 10.2 Å². The van der Waals surface area contributed by atoms with Crippen molar-refractivity contribution in [2.45, 2.75) is 12.1 Å². The molecule has 8 N–H and O–H groups in total. The summed E-state index contributed by atoms with van der Waals surface area (Å²) in [4.78, 5) is 0. The first-order valence-corrected chi connectivity index (χ1v) is 1.67. The Labute approximate surface area is 40.7 Å². The molecule has 5 nitrogen and oxygen atoms in total. The summed E-state index contributed by atoms with van der Waals surface area (Å²) in [6.07, 6.45) is -1.87. The maximum Gasteiger partial charge on any atom is 0.197 e. The van der Waals surface area contributed by atoms with Crippen LogP contribution in [0, 0.1) is 0 Å². The third-order valence-electron chi connectivity index (χ3n) is 0.447. The molecule has 0 aromatic rings. The molecule has 0 atom stereocenters. The van der Waals surface area contributed by atoms with Gasteiger partial charge in [-0.1, -0.05) is 0 Å². The number of aliphatic hydroxyl groups is 2. The SMILES string of the molecule is NC(N)(N)C(O)O. The van der Waals surface area contributed by atoms with Crippen molar-refractivity contribution in [2.24, 2.45) is 17.2 Å². The van der Waals surface area contributed by atoms with E-state index in [0.717, 1.165) is 0 Å². The van der Waals surface area contributed by atoms with E-state index in [2.05, 4.69) is 0 Å². The topological polar surface area (TPSA) is 119 Å². The predicted molar refractivity (Wildman–Crippen MR) is 23.5 cm³/mol. The average Bonchev–Trinajstić information content (AvgIpc) is 1.31. The van der Waals surface area contributed by atoms with Crippen LogP contribution in [-0.4, -0.2) is 22.3 Å². The quantitative estimate of drug-likeness (QED) is 0.226. The van der Waals surface area contributed by atoms with Crippen molar-refractivity contribution >= 4 is 0 Å². The van der Waals surface area contributed by atoms with Crippen LogP contribution in [0.1, 0.15) is 0 Å². The van der Waals surface area contributed by atoms with Gasteiger partial charge in [0.25, 0.3) is 0 Å². The molecule has 0 saturated carbocycles. The molecule has 0 radical (unpaired) electrons. The van der Waals surface area contributed by atoms with Gasteiger partial charge in [0.15, 0.2) is 12.1 Å². The van der Waals surface area contributed by atoms with Crippen LogP contribution in [0.3, 0.4) is 0 Å². The Morgan fingerprint density at radius 2 is 1.29 bits per heavy atom. The molecular formula is C2H9N3O2. The van der Waals surface area contributed by atoms with Crippen LogP contribution in [0.15, 0.2) is 0 Å². The molecule has 0 aliphatic rings. The molecule has 0 aliphatic heterocycles. The van der Waals surface area contributed by atoms with Crippen LogP contribution in [-0.2, 0) is 0 Å². The summed E-state index contributed by atoms with van der Waals surface area (Å²) in [5.41, 5.74) is 14.2. The van der Waals surface area contributed by atoms with Crippen molar-refractivity contribution in [3.63, 3.8) is 0 Å². The maximum atomic E-state index is 8.07. The fourth-order valence-corrected chi connectivity index (χ4v) is 0. The molecule has 0 spiro atoms. The highest BCUT2D eigenvalue weighted by Crippen LogP contribution is 1.81. The fourth-order valence-electron chi connectivity index (χ4n) is 0. The van der Waals surface area contributed by atoms with E-state index >= 15 is 0 Å². The van der Waals surface area contributed by atoms with E-state index in [1.807, 2.05) is 0 Å². The minimum atomic E-state index is -1.89. The molecule has 0 unspecified atom stereocenters. The fraction of sp³-hybridized carbons (Fsp3) is 1.00. The minimum Gasteiger partial charge on any atom is -0.364 e. The van der Waals surface area contributed by atoms with Crippen molar-refractivity contribution in [3.05, 3.63) is 0 Å². The Morgan fingerprint density at radius 1 is 1.14 bits per heavy atom. The van der Waals surface area contributed by atoms with E-state index in [9.17, 15) is 0 Å². The summed E-state index contributed by atoms with van der Waals surface area (Å²) in [6.45, 7) is 0. The number of rotatable bonds is 1. The van der Waals surface area contributed by atoms with Crippen LogP contribution >= 0.6 is 0 Å². The lowest BCUT2D eigenvalue weighted by atomic mass is 10.4. The highest BCUT2D eigenvalue weighted by molar-refractivity contribution is 4.68. The van der Waals surface area contributed by atoms with Gasteiger partial charge in [0.2, 0.25) is 0 Å². The normalized spacial score (nSPS) is 12.9. The Morgan fingerprint density at radius 3 is 1.29 bits per heavy atom. The van der Waals surface area contributed by atoms with E-state index in [0.29, 0.717) is 0 Å². The first kappa shape index (κ1) is 6.80. The highest BCUT2D eigenvalue weighted by atomic mass is 16.5. The second-order valence-electron chi connectivity index (χ2n) is 1.37. The summed E-state index contributed by atoms with van der Waals surface area (Å²) in [5, 5.41) is 16.1. The molecule has 44 valence electrons. The molecule has 0 saturated heterocycles.